The predicted molar refractivity (Wildman–Crippen MR) is 75.3 cm³/mol. The zero-order valence-electron chi connectivity index (χ0n) is 9.68. The van der Waals surface area contributed by atoms with Crippen molar-refractivity contribution in [2.24, 2.45) is 0 Å². The van der Waals surface area contributed by atoms with Gasteiger partial charge in [0.2, 0.25) is 5.88 Å². The molecule has 2 rings (SSSR count). The number of nitrogens with one attached hydrogen (secondary N) is 1. The Bertz CT molecular complexity index is 622. The molecule has 100 valence electrons. The summed E-state index contributed by atoms with van der Waals surface area (Å²) in [5, 5.41) is 3.39. The third-order valence-corrected chi connectivity index (χ3v) is 3.11. The first-order chi connectivity index (χ1) is 9.01. The van der Waals surface area contributed by atoms with Crippen LogP contribution >= 0.6 is 34.8 Å². The van der Waals surface area contributed by atoms with Crippen molar-refractivity contribution < 1.29 is 9.13 Å². The topological polar surface area (TPSA) is 34.2 Å². The lowest BCUT2D eigenvalue weighted by Crippen LogP contribution is -1.97. The number of ether oxygens (including phenoxy) is 1. The molecule has 0 aliphatic carbocycles. The van der Waals surface area contributed by atoms with Crippen LogP contribution in [0.2, 0.25) is 15.1 Å². The fourth-order valence-electron chi connectivity index (χ4n) is 1.35. The third kappa shape index (κ3) is 3.21. The highest BCUT2D eigenvalue weighted by atomic mass is 35.5. The summed E-state index contributed by atoms with van der Waals surface area (Å²) in [7, 11) is 1.66. The van der Waals surface area contributed by atoms with Crippen molar-refractivity contribution in [2.75, 3.05) is 12.4 Å². The molecule has 2 aromatic rings. The van der Waals surface area contributed by atoms with Crippen molar-refractivity contribution in [2.45, 2.75) is 0 Å². The zero-order valence-corrected chi connectivity index (χ0v) is 11.9. The van der Waals surface area contributed by atoms with Gasteiger partial charge < -0.3 is 10.1 Å². The number of hydrogen-bond acceptors (Lipinski definition) is 3. The van der Waals surface area contributed by atoms with Gasteiger partial charge in [-0.1, -0.05) is 34.8 Å². The fourth-order valence-corrected chi connectivity index (χ4v) is 1.96. The van der Waals surface area contributed by atoms with Gasteiger partial charge in [0.05, 0.1) is 10.0 Å². The lowest BCUT2D eigenvalue weighted by molar-refractivity contribution is 0.459. The molecule has 0 spiro atoms. The molecule has 0 saturated carbocycles. The first kappa shape index (κ1) is 14.2. The van der Waals surface area contributed by atoms with Gasteiger partial charge in [0.1, 0.15) is 22.4 Å². The number of halogens is 4. The summed E-state index contributed by atoms with van der Waals surface area (Å²) in [5.74, 6) is 0.186. The molecule has 0 aliphatic heterocycles. The highest BCUT2D eigenvalue weighted by Gasteiger charge is 2.11. The van der Waals surface area contributed by atoms with Gasteiger partial charge >= 0.3 is 0 Å². The minimum absolute atomic E-state index is 0.0124. The van der Waals surface area contributed by atoms with Gasteiger partial charge in [0, 0.05) is 13.1 Å². The molecule has 7 heteroatoms. The average Bonchev–Trinajstić information content (AvgIpc) is 2.37. The van der Waals surface area contributed by atoms with Gasteiger partial charge in [-0.2, -0.15) is 4.98 Å². The van der Waals surface area contributed by atoms with Gasteiger partial charge in [-0.05, 0) is 18.2 Å². The van der Waals surface area contributed by atoms with E-state index in [0.29, 0.717) is 10.8 Å². The smallest absolute Gasteiger partial charge is 0.240 e. The van der Waals surface area contributed by atoms with E-state index in [-0.39, 0.29) is 21.7 Å². The number of aromatic nitrogens is 1. The van der Waals surface area contributed by atoms with Crippen LogP contribution in [-0.4, -0.2) is 12.0 Å². The van der Waals surface area contributed by atoms with Gasteiger partial charge in [-0.3, -0.25) is 0 Å². The lowest BCUT2D eigenvalue weighted by atomic mass is 10.3. The SMILES string of the molecule is CNc1nc(Oc2ccc(Cl)c(F)c2)c(Cl)cc1Cl. The van der Waals surface area contributed by atoms with Gasteiger partial charge in [0.15, 0.2) is 0 Å². The number of pyridine rings is 1. The third-order valence-electron chi connectivity index (χ3n) is 2.24. The molecule has 0 atom stereocenters. The summed E-state index contributed by atoms with van der Waals surface area (Å²) in [6.45, 7) is 0. The van der Waals surface area contributed by atoms with Crippen LogP contribution in [0, 0.1) is 5.82 Å². The Morgan fingerprint density at radius 2 is 1.84 bits per heavy atom. The second kappa shape index (κ2) is 5.82. The molecule has 19 heavy (non-hydrogen) atoms. The number of anilines is 1. The van der Waals surface area contributed by atoms with Crippen LogP contribution in [0.4, 0.5) is 10.2 Å². The summed E-state index contributed by atoms with van der Waals surface area (Å²) >= 11 is 17.5. The number of nitrogens with zero attached hydrogens (tertiary/aromatic N) is 1. The van der Waals surface area contributed by atoms with E-state index >= 15 is 0 Å². The zero-order chi connectivity index (χ0) is 14.0. The number of hydrogen-bond donors (Lipinski definition) is 1. The summed E-state index contributed by atoms with van der Waals surface area (Å²) in [4.78, 5) is 4.09. The Morgan fingerprint density at radius 3 is 2.47 bits per heavy atom. The number of benzene rings is 1. The maximum atomic E-state index is 13.3. The molecule has 1 heterocycles. The molecular formula is C12H8Cl3FN2O. The molecule has 3 nitrogen and oxygen atoms in total. The highest BCUT2D eigenvalue weighted by Crippen LogP contribution is 2.33. The largest absolute Gasteiger partial charge is 0.437 e. The van der Waals surface area contributed by atoms with Crippen molar-refractivity contribution in [3.63, 3.8) is 0 Å². The molecule has 0 radical (unpaired) electrons. The minimum atomic E-state index is -0.585. The molecule has 0 amide bonds. The van der Waals surface area contributed by atoms with Crippen LogP contribution in [0.3, 0.4) is 0 Å². The van der Waals surface area contributed by atoms with E-state index in [2.05, 4.69) is 10.3 Å². The van der Waals surface area contributed by atoms with E-state index in [1.54, 1.807) is 7.05 Å². The molecule has 0 fully saturated rings. The summed E-state index contributed by atoms with van der Waals surface area (Å²) in [6.07, 6.45) is 0. The summed E-state index contributed by atoms with van der Waals surface area (Å²) in [5.41, 5.74) is 0. The van der Waals surface area contributed by atoms with Gasteiger partial charge in [-0.25, -0.2) is 4.39 Å². The second-order valence-electron chi connectivity index (χ2n) is 3.53. The number of rotatable bonds is 3. The maximum absolute atomic E-state index is 13.3. The van der Waals surface area contributed by atoms with Crippen LogP contribution in [0.5, 0.6) is 11.6 Å². The van der Waals surface area contributed by atoms with E-state index in [9.17, 15) is 4.39 Å². The molecule has 1 aromatic heterocycles. The van der Waals surface area contributed by atoms with E-state index in [1.807, 2.05) is 0 Å². The molecule has 0 bridgehead atoms. The maximum Gasteiger partial charge on any atom is 0.240 e. The van der Waals surface area contributed by atoms with Crippen LogP contribution in [0.25, 0.3) is 0 Å². The van der Waals surface area contributed by atoms with E-state index < -0.39 is 5.82 Å². The fraction of sp³-hybridized carbons (Fsp3) is 0.0833. The molecular weight excluding hydrogens is 314 g/mol. The van der Waals surface area contributed by atoms with E-state index in [4.69, 9.17) is 39.5 Å². The average molecular weight is 322 g/mol. The van der Waals surface area contributed by atoms with Crippen molar-refractivity contribution >= 4 is 40.6 Å². The normalized spacial score (nSPS) is 10.4. The van der Waals surface area contributed by atoms with Crippen molar-refractivity contribution in [3.05, 3.63) is 45.2 Å². The van der Waals surface area contributed by atoms with Gasteiger partial charge in [0.25, 0.3) is 0 Å². The van der Waals surface area contributed by atoms with Crippen LogP contribution in [-0.2, 0) is 0 Å². The summed E-state index contributed by atoms with van der Waals surface area (Å²) < 4.78 is 18.7. The Labute approximate surface area is 124 Å². The van der Waals surface area contributed by atoms with Crippen molar-refractivity contribution in [1.29, 1.82) is 0 Å². The van der Waals surface area contributed by atoms with Crippen molar-refractivity contribution in [3.8, 4) is 11.6 Å². The van der Waals surface area contributed by atoms with Gasteiger partial charge in [-0.15, -0.1) is 0 Å². The lowest BCUT2D eigenvalue weighted by Gasteiger charge is -2.10. The molecule has 0 saturated heterocycles. The summed E-state index contributed by atoms with van der Waals surface area (Å²) in [6, 6.07) is 5.53. The first-order valence-corrected chi connectivity index (χ1v) is 6.31. The molecule has 0 unspecified atom stereocenters. The minimum Gasteiger partial charge on any atom is -0.437 e. The Kier molecular flexibility index (Phi) is 4.34. The highest BCUT2D eigenvalue weighted by molar-refractivity contribution is 6.36. The van der Waals surface area contributed by atoms with Crippen LogP contribution < -0.4 is 10.1 Å². The molecule has 1 aromatic carbocycles. The van der Waals surface area contributed by atoms with E-state index in [1.165, 1.54) is 18.2 Å². The molecule has 0 aliphatic rings. The Morgan fingerprint density at radius 1 is 1.11 bits per heavy atom. The standard InChI is InChI=1S/C12H8Cl3FN2O/c1-17-11-8(14)5-9(15)12(18-11)19-6-2-3-7(13)10(16)4-6/h2-5H,1H3,(H,17,18). The molecule has 1 N–H and O–H groups in total. The van der Waals surface area contributed by atoms with Crippen molar-refractivity contribution in [1.82, 2.24) is 4.98 Å². The Hall–Kier alpha value is -1.23. The van der Waals surface area contributed by atoms with Crippen LogP contribution in [0.1, 0.15) is 0 Å². The quantitative estimate of drug-likeness (QED) is 0.862. The first-order valence-electron chi connectivity index (χ1n) is 5.18. The monoisotopic (exact) mass is 320 g/mol. The van der Waals surface area contributed by atoms with Crippen LogP contribution in [0.15, 0.2) is 24.3 Å². The predicted octanol–water partition coefficient (Wildman–Crippen LogP) is 5.01. The Balaban J connectivity index is 2.34. The van der Waals surface area contributed by atoms with E-state index in [0.717, 1.165) is 6.07 Å². The second-order valence-corrected chi connectivity index (χ2v) is 4.76.